The zero-order valence-electron chi connectivity index (χ0n) is 19.6. The Bertz CT molecular complexity index is 1120. The van der Waals surface area contributed by atoms with Gasteiger partial charge < -0.3 is 14.1 Å². The first-order valence-electron chi connectivity index (χ1n) is 12.1. The smallest absolute Gasteiger partial charge is 0.309 e. The van der Waals surface area contributed by atoms with E-state index < -0.39 is 24.0 Å². The van der Waals surface area contributed by atoms with Gasteiger partial charge in [-0.1, -0.05) is 23.7 Å². The third kappa shape index (κ3) is 5.12. The van der Waals surface area contributed by atoms with E-state index in [1.165, 1.54) is 5.01 Å². The van der Waals surface area contributed by atoms with E-state index in [9.17, 15) is 14.4 Å². The first kappa shape index (κ1) is 23.6. The highest BCUT2D eigenvalue weighted by atomic mass is 35.5. The molecule has 1 aromatic carbocycles. The number of likely N-dealkylation sites (tertiary alicyclic amines) is 1. The van der Waals surface area contributed by atoms with E-state index in [1.807, 2.05) is 17.0 Å². The van der Waals surface area contributed by atoms with Crippen molar-refractivity contribution in [1.29, 1.82) is 0 Å². The lowest BCUT2D eigenvalue weighted by Gasteiger charge is -2.31. The molecule has 9 heteroatoms. The molecule has 2 fully saturated rings. The van der Waals surface area contributed by atoms with Crippen molar-refractivity contribution in [3.63, 3.8) is 0 Å². The fourth-order valence-electron chi connectivity index (χ4n) is 4.66. The number of hydrogen-bond donors (Lipinski definition) is 0. The molecule has 0 N–H and O–H groups in total. The molecule has 2 amide bonds. The SMILES string of the molecule is C[C@H](OC(=O)C1CCN(C(=O)C2CC2)CC1)C(=O)N1N=C(c2ccc(Cl)cc2)C[C@@H]1c1ccco1. The van der Waals surface area contributed by atoms with Gasteiger partial charge in [0.25, 0.3) is 5.91 Å². The van der Waals surface area contributed by atoms with Gasteiger partial charge in [-0.2, -0.15) is 5.10 Å². The van der Waals surface area contributed by atoms with Crippen LogP contribution in [-0.2, 0) is 19.1 Å². The summed E-state index contributed by atoms with van der Waals surface area (Å²) < 4.78 is 11.2. The Labute approximate surface area is 208 Å². The van der Waals surface area contributed by atoms with Gasteiger partial charge in [-0.25, -0.2) is 5.01 Å². The van der Waals surface area contributed by atoms with Crippen LogP contribution in [0.25, 0.3) is 0 Å². The maximum Gasteiger partial charge on any atom is 0.309 e. The second-order valence-corrected chi connectivity index (χ2v) is 9.86. The van der Waals surface area contributed by atoms with Crippen molar-refractivity contribution >= 4 is 35.1 Å². The van der Waals surface area contributed by atoms with Crippen molar-refractivity contribution in [3.05, 3.63) is 59.0 Å². The van der Waals surface area contributed by atoms with Gasteiger partial charge in [-0.15, -0.1) is 0 Å². The number of nitrogens with zero attached hydrogens (tertiary/aromatic N) is 3. The van der Waals surface area contributed by atoms with Crippen LogP contribution in [0.15, 0.2) is 52.2 Å². The highest BCUT2D eigenvalue weighted by Crippen LogP contribution is 2.35. The standard InChI is InChI=1S/C26H28ClN3O5/c1-16(35-26(33)19-10-12-29(13-11-19)25(32)18-4-5-18)24(31)30-22(23-3-2-14-34-23)15-21(28-30)17-6-8-20(27)9-7-17/h2-3,6-9,14,16,18-19,22H,4-5,10-13,15H2,1H3/t16-,22+/m0/s1. The molecule has 0 bridgehead atoms. The van der Waals surface area contributed by atoms with E-state index >= 15 is 0 Å². The molecule has 0 radical (unpaired) electrons. The van der Waals surface area contributed by atoms with Crippen LogP contribution in [0.1, 0.15) is 56.4 Å². The quantitative estimate of drug-likeness (QED) is 0.558. The molecule has 0 unspecified atom stereocenters. The van der Waals surface area contributed by atoms with Crippen molar-refractivity contribution < 1.29 is 23.5 Å². The molecule has 2 atom stereocenters. The van der Waals surface area contributed by atoms with Crippen molar-refractivity contribution in [3.8, 4) is 0 Å². The normalized spacial score (nSPS) is 21.5. The molecule has 3 heterocycles. The topological polar surface area (TPSA) is 92.4 Å². The Morgan fingerprint density at radius 1 is 1.06 bits per heavy atom. The Hall–Kier alpha value is -3.13. The van der Waals surface area contributed by atoms with Crippen LogP contribution in [-0.4, -0.2) is 52.6 Å². The second kappa shape index (κ2) is 9.85. The van der Waals surface area contributed by atoms with Gasteiger partial charge in [0, 0.05) is 30.5 Å². The van der Waals surface area contributed by atoms with Crippen LogP contribution in [0.4, 0.5) is 0 Å². The van der Waals surface area contributed by atoms with E-state index in [4.69, 9.17) is 20.8 Å². The average molecular weight is 498 g/mol. The van der Waals surface area contributed by atoms with Crippen LogP contribution >= 0.6 is 11.6 Å². The Morgan fingerprint density at radius 2 is 1.77 bits per heavy atom. The highest BCUT2D eigenvalue weighted by Gasteiger charge is 2.40. The Balaban J connectivity index is 1.24. The molecular weight excluding hydrogens is 470 g/mol. The van der Waals surface area contributed by atoms with Gasteiger partial charge in [-0.05, 0) is 62.4 Å². The largest absolute Gasteiger partial charge is 0.467 e. The maximum absolute atomic E-state index is 13.3. The molecule has 8 nitrogen and oxygen atoms in total. The van der Waals surface area contributed by atoms with Crippen LogP contribution < -0.4 is 0 Å². The number of halogens is 1. The Morgan fingerprint density at radius 3 is 2.40 bits per heavy atom. The summed E-state index contributed by atoms with van der Waals surface area (Å²) in [7, 11) is 0. The molecule has 2 aliphatic heterocycles. The summed E-state index contributed by atoms with van der Waals surface area (Å²) >= 11 is 6.01. The summed E-state index contributed by atoms with van der Waals surface area (Å²) in [6, 6.07) is 10.4. The van der Waals surface area contributed by atoms with E-state index in [1.54, 1.807) is 37.5 Å². The zero-order valence-corrected chi connectivity index (χ0v) is 20.3. The molecular formula is C26H28ClN3O5. The minimum atomic E-state index is -1.00. The monoisotopic (exact) mass is 497 g/mol. The lowest BCUT2D eigenvalue weighted by molar-refractivity contribution is -0.165. The fourth-order valence-corrected chi connectivity index (χ4v) is 4.79. The number of amides is 2. The van der Waals surface area contributed by atoms with Crippen LogP contribution in [0.3, 0.4) is 0 Å². The fraction of sp³-hybridized carbons (Fsp3) is 0.462. The van der Waals surface area contributed by atoms with Crippen molar-refractivity contribution in [2.45, 2.75) is 51.2 Å². The summed E-state index contributed by atoms with van der Waals surface area (Å²) in [5, 5.41) is 6.56. The number of benzene rings is 1. The van der Waals surface area contributed by atoms with Gasteiger partial charge in [0.1, 0.15) is 11.8 Å². The number of carbonyl (C=O) groups is 3. The highest BCUT2D eigenvalue weighted by molar-refractivity contribution is 6.30. The van der Waals surface area contributed by atoms with E-state index in [0.29, 0.717) is 43.1 Å². The van der Waals surface area contributed by atoms with Crippen LogP contribution in [0.5, 0.6) is 0 Å². The number of esters is 1. The van der Waals surface area contributed by atoms with Crippen LogP contribution in [0.2, 0.25) is 5.02 Å². The lowest BCUT2D eigenvalue weighted by Crippen LogP contribution is -2.43. The van der Waals surface area contributed by atoms with E-state index in [0.717, 1.165) is 24.1 Å². The third-order valence-electron chi connectivity index (χ3n) is 6.89. The molecule has 1 aromatic heterocycles. The lowest BCUT2D eigenvalue weighted by atomic mass is 9.96. The van der Waals surface area contributed by atoms with Crippen molar-refractivity contribution in [1.82, 2.24) is 9.91 Å². The molecule has 5 rings (SSSR count). The predicted octanol–water partition coefficient (Wildman–Crippen LogP) is 4.19. The Kier molecular flexibility index (Phi) is 6.65. The molecule has 0 spiro atoms. The van der Waals surface area contributed by atoms with E-state index in [2.05, 4.69) is 5.10 Å². The molecule has 2 aromatic rings. The summed E-state index contributed by atoms with van der Waals surface area (Å²) in [5.41, 5.74) is 1.58. The maximum atomic E-state index is 13.3. The minimum absolute atomic E-state index is 0.178. The zero-order chi connectivity index (χ0) is 24.5. The number of hydrogen-bond acceptors (Lipinski definition) is 6. The summed E-state index contributed by atoms with van der Waals surface area (Å²) in [4.78, 5) is 40.3. The first-order chi connectivity index (χ1) is 16.9. The number of ether oxygens (including phenoxy) is 1. The molecule has 184 valence electrons. The number of hydrazone groups is 1. The van der Waals surface area contributed by atoms with Crippen molar-refractivity contribution in [2.24, 2.45) is 16.9 Å². The van der Waals surface area contributed by atoms with Gasteiger partial charge in [0.15, 0.2) is 6.10 Å². The summed E-state index contributed by atoms with van der Waals surface area (Å²) in [6.45, 7) is 2.68. The average Bonchev–Trinajstić information content (AvgIpc) is 3.39. The summed E-state index contributed by atoms with van der Waals surface area (Å²) in [5.74, 6) is -0.145. The minimum Gasteiger partial charge on any atom is -0.467 e. The summed E-state index contributed by atoms with van der Waals surface area (Å²) in [6.07, 6.45) is 4.07. The van der Waals surface area contributed by atoms with Crippen molar-refractivity contribution in [2.75, 3.05) is 13.1 Å². The first-order valence-corrected chi connectivity index (χ1v) is 12.5. The molecule has 35 heavy (non-hydrogen) atoms. The number of piperidine rings is 1. The predicted molar refractivity (Wildman–Crippen MR) is 128 cm³/mol. The van der Waals surface area contributed by atoms with Gasteiger partial charge in [-0.3, -0.25) is 14.4 Å². The third-order valence-corrected chi connectivity index (χ3v) is 7.14. The van der Waals surface area contributed by atoms with Gasteiger partial charge >= 0.3 is 5.97 Å². The number of furan rings is 1. The molecule has 1 saturated carbocycles. The van der Waals surface area contributed by atoms with Gasteiger partial charge in [0.05, 0.1) is 17.9 Å². The van der Waals surface area contributed by atoms with Gasteiger partial charge in [0.2, 0.25) is 5.91 Å². The molecule has 1 saturated heterocycles. The number of carbonyl (C=O) groups excluding carboxylic acids is 3. The molecule has 3 aliphatic rings. The number of rotatable bonds is 6. The van der Waals surface area contributed by atoms with E-state index in [-0.39, 0.29) is 17.7 Å². The second-order valence-electron chi connectivity index (χ2n) is 9.42. The van der Waals surface area contributed by atoms with Crippen LogP contribution in [0, 0.1) is 11.8 Å². The molecule has 1 aliphatic carbocycles.